The predicted molar refractivity (Wildman–Crippen MR) is 232 cm³/mol. The van der Waals surface area contributed by atoms with Gasteiger partial charge in [0.05, 0.1) is 11.4 Å². The highest BCUT2D eigenvalue weighted by molar-refractivity contribution is 7.25. The largest absolute Gasteiger partial charge is 0.228 e. The zero-order valence-corrected chi connectivity index (χ0v) is 31.0. The lowest BCUT2D eigenvalue weighted by Crippen LogP contribution is -2.22. The first kappa shape index (κ1) is 31.8. The van der Waals surface area contributed by atoms with E-state index in [-0.39, 0.29) is 5.41 Å². The molecule has 0 radical (unpaired) electrons. The van der Waals surface area contributed by atoms with E-state index in [4.69, 9.17) is 9.97 Å². The summed E-state index contributed by atoms with van der Waals surface area (Å²) >= 11 is 1.85. The Morgan fingerprint density at radius 1 is 0.400 bits per heavy atom. The molecule has 1 unspecified atom stereocenters. The van der Waals surface area contributed by atoms with E-state index in [2.05, 4.69) is 195 Å². The number of aromatic nitrogens is 2. The minimum Gasteiger partial charge on any atom is -0.228 e. The van der Waals surface area contributed by atoms with E-state index < -0.39 is 0 Å². The Morgan fingerprint density at radius 2 is 1.04 bits per heavy atom. The smallest absolute Gasteiger partial charge is 0.160 e. The topological polar surface area (TPSA) is 25.8 Å². The second-order valence-electron chi connectivity index (χ2n) is 14.7. The molecule has 10 aromatic rings. The van der Waals surface area contributed by atoms with E-state index in [1.165, 1.54) is 69.9 Å². The molecule has 0 fully saturated rings. The Kier molecular flexibility index (Phi) is 7.20. The second-order valence-corrected chi connectivity index (χ2v) is 15.8. The number of thiophene rings is 1. The lowest BCUT2D eigenvalue weighted by molar-refractivity contribution is 0.714. The van der Waals surface area contributed by atoms with E-state index in [1.807, 2.05) is 11.3 Å². The molecular weight excluding hydrogens is 685 g/mol. The summed E-state index contributed by atoms with van der Waals surface area (Å²) in [6.45, 7) is 2.36. The first-order valence-electron chi connectivity index (χ1n) is 18.8. The molecule has 258 valence electrons. The molecule has 1 aliphatic carbocycles. The molecule has 1 aliphatic rings. The van der Waals surface area contributed by atoms with Crippen LogP contribution in [0.2, 0.25) is 0 Å². The monoisotopic (exact) mass is 718 g/mol. The molecule has 8 aromatic carbocycles. The molecule has 2 aromatic heterocycles. The molecule has 0 amide bonds. The molecule has 11 rings (SSSR count). The molecule has 0 bridgehead atoms. The van der Waals surface area contributed by atoms with Crippen LogP contribution in [0, 0.1) is 0 Å². The molecule has 0 aliphatic heterocycles. The van der Waals surface area contributed by atoms with Gasteiger partial charge in [-0.15, -0.1) is 11.3 Å². The van der Waals surface area contributed by atoms with Gasteiger partial charge in [-0.05, 0) is 93.0 Å². The van der Waals surface area contributed by atoms with E-state index in [1.54, 1.807) is 0 Å². The fraction of sp³-hybridized carbons (Fsp3) is 0.0385. The third-order valence-corrected chi connectivity index (χ3v) is 12.7. The van der Waals surface area contributed by atoms with Crippen molar-refractivity contribution in [3.05, 3.63) is 205 Å². The Bertz CT molecular complexity index is 3110. The van der Waals surface area contributed by atoms with Crippen LogP contribution in [0.1, 0.15) is 23.6 Å². The van der Waals surface area contributed by atoms with Gasteiger partial charge in [-0.2, -0.15) is 0 Å². The predicted octanol–water partition coefficient (Wildman–Crippen LogP) is 14.0. The highest BCUT2D eigenvalue weighted by Crippen LogP contribution is 2.53. The summed E-state index contributed by atoms with van der Waals surface area (Å²) in [5, 5.41) is 4.99. The summed E-state index contributed by atoms with van der Waals surface area (Å²) in [5.74, 6) is 0.715. The number of hydrogen-bond donors (Lipinski definition) is 0. The summed E-state index contributed by atoms with van der Waals surface area (Å²) in [7, 11) is 0. The molecule has 1 atom stereocenters. The lowest BCUT2D eigenvalue weighted by Gasteiger charge is -2.28. The van der Waals surface area contributed by atoms with Crippen molar-refractivity contribution in [1.82, 2.24) is 9.97 Å². The molecule has 0 N–H and O–H groups in total. The van der Waals surface area contributed by atoms with Crippen molar-refractivity contribution >= 4 is 42.3 Å². The molecule has 0 saturated heterocycles. The lowest BCUT2D eigenvalue weighted by atomic mass is 9.74. The fourth-order valence-corrected chi connectivity index (χ4v) is 9.76. The van der Waals surface area contributed by atoms with Gasteiger partial charge in [0.1, 0.15) is 0 Å². The molecule has 55 heavy (non-hydrogen) atoms. The highest BCUT2D eigenvalue weighted by atomic mass is 32.1. The molecule has 2 heterocycles. The van der Waals surface area contributed by atoms with E-state index in [9.17, 15) is 0 Å². The Labute approximate surface area is 324 Å². The number of fused-ring (bicyclic) bond motifs is 7. The molecule has 0 saturated carbocycles. The standard InChI is InChI=1S/C52H34N2S/c1-52(40-13-3-2-4-14-40)45-17-9-7-15-41(45)42-27-25-38(31-46(42)52)48-32-47(53-51(54-48)39-24-21-33-11-5-6-12-36(33)29-39)35-22-19-34(20-23-35)37-26-28-50-44(30-37)43-16-8-10-18-49(43)55-50/h2-32H,1H3. The highest BCUT2D eigenvalue weighted by Gasteiger charge is 2.40. The molecular formula is C52H34N2S. The molecule has 0 spiro atoms. The SMILES string of the molecule is CC1(c2ccccc2)c2ccccc2-c2ccc(-c3cc(-c4ccc(-c5ccc6sc7ccccc7c6c5)cc4)nc(-c4ccc5ccccc5c4)n3)cc21. The van der Waals surface area contributed by atoms with Gasteiger partial charge in [0.15, 0.2) is 5.82 Å². The van der Waals surface area contributed by atoms with Crippen LogP contribution in [0.15, 0.2) is 188 Å². The third kappa shape index (κ3) is 5.15. The average molecular weight is 719 g/mol. The maximum Gasteiger partial charge on any atom is 0.160 e. The molecule has 2 nitrogen and oxygen atoms in total. The second kappa shape index (κ2) is 12.4. The van der Waals surface area contributed by atoms with Crippen LogP contribution < -0.4 is 0 Å². The van der Waals surface area contributed by atoms with E-state index in [0.717, 1.165) is 28.1 Å². The first-order valence-corrected chi connectivity index (χ1v) is 19.6. The van der Waals surface area contributed by atoms with Gasteiger partial charge < -0.3 is 0 Å². The van der Waals surface area contributed by atoms with Crippen LogP contribution in [0.25, 0.3) is 87.1 Å². The van der Waals surface area contributed by atoms with Gasteiger partial charge in [-0.25, -0.2) is 9.97 Å². The molecule has 3 heteroatoms. The zero-order valence-electron chi connectivity index (χ0n) is 30.2. The van der Waals surface area contributed by atoms with Crippen molar-refractivity contribution in [3.63, 3.8) is 0 Å². The van der Waals surface area contributed by atoms with Crippen LogP contribution in [0.3, 0.4) is 0 Å². The summed E-state index contributed by atoms with van der Waals surface area (Å²) < 4.78 is 2.64. The third-order valence-electron chi connectivity index (χ3n) is 11.6. The van der Waals surface area contributed by atoms with Crippen molar-refractivity contribution in [1.29, 1.82) is 0 Å². The zero-order chi connectivity index (χ0) is 36.5. The van der Waals surface area contributed by atoms with Gasteiger partial charge in [-0.1, -0.05) is 152 Å². The normalized spacial score (nSPS) is 14.7. The minimum absolute atomic E-state index is 0.297. The maximum atomic E-state index is 5.31. The number of hydrogen-bond acceptors (Lipinski definition) is 3. The summed E-state index contributed by atoms with van der Waals surface area (Å²) in [4.78, 5) is 10.6. The van der Waals surface area contributed by atoms with Crippen molar-refractivity contribution in [2.24, 2.45) is 0 Å². The van der Waals surface area contributed by atoms with Gasteiger partial charge in [-0.3, -0.25) is 0 Å². The first-order chi connectivity index (χ1) is 27.1. The maximum absolute atomic E-state index is 5.31. The van der Waals surface area contributed by atoms with Crippen LogP contribution >= 0.6 is 11.3 Å². The van der Waals surface area contributed by atoms with Crippen molar-refractivity contribution in [2.75, 3.05) is 0 Å². The summed E-state index contributed by atoms with van der Waals surface area (Å²) in [6, 6.07) is 68.1. The fourth-order valence-electron chi connectivity index (χ4n) is 8.67. The average Bonchev–Trinajstić information content (AvgIpc) is 3.76. The van der Waals surface area contributed by atoms with Crippen molar-refractivity contribution < 1.29 is 0 Å². The van der Waals surface area contributed by atoms with Gasteiger partial charge >= 0.3 is 0 Å². The van der Waals surface area contributed by atoms with Gasteiger partial charge in [0.2, 0.25) is 0 Å². The van der Waals surface area contributed by atoms with Crippen molar-refractivity contribution in [3.8, 4) is 56.2 Å². The number of benzene rings is 8. The van der Waals surface area contributed by atoms with E-state index in [0.29, 0.717) is 5.82 Å². The van der Waals surface area contributed by atoms with Crippen LogP contribution in [0.4, 0.5) is 0 Å². The van der Waals surface area contributed by atoms with Crippen LogP contribution in [-0.2, 0) is 5.41 Å². The Morgan fingerprint density at radius 3 is 1.91 bits per heavy atom. The van der Waals surface area contributed by atoms with Gasteiger partial charge in [0, 0.05) is 42.3 Å². The Hall–Kier alpha value is -6.68. The van der Waals surface area contributed by atoms with E-state index >= 15 is 0 Å². The quantitative estimate of drug-likeness (QED) is 0.177. The summed E-state index contributed by atoms with van der Waals surface area (Å²) in [5.41, 5.74) is 13.5. The summed E-state index contributed by atoms with van der Waals surface area (Å²) in [6.07, 6.45) is 0. The number of rotatable bonds is 5. The Balaban J connectivity index is 1.05. The van der Waals surface area contributed by atoms with Crippen LogP contribution in [-0.4, -0.2) is 9.97 Å². The minimum atomic E-state index is -0.297. The van der Waals surface area contributed by atoms with Crippen molar-refractivity contribution in [2.45, 2.75) is 12.3 Å². The van der Waals surface area contributed by atoms with Crippen LogP contribution in [0.5, 0.6) is 0 Å². The number of nitrogens with zero attached hydrogens (tertiary/aromatic N) is 2. The van der Waals surface area contributed by atoms with Gasteiger partial charge in [0.25, 0.3) is 0 Å².